The molecule has 31 heavy (non-hydrogen) atoms. The van der Waals surface area contributed by atoms with Gasteiger partial charge in [0.15, 0.2) is 0 Å². The molecule has 2 aromatic heterocycles. The Bertz CT molecular complexity index is 1060. The number of nitrogens with zero attached hydrogens (tertiary/aromatic N) is 5. The summed E-state index contributed by atoms with van der Waals surface area (Å²) >= 11 is 2.43. The minimum absolute atomic E-state index is 0.0181. The number of rotatable bonds is 9. The summed E-state index contributed by atoms with van der Waals surface area (Å²) in [5.41, 5.74) is 1.51. The maximum absolute atomic E-state index is 12.7. The molecule has 3 N–H and O–H groups in total. The number of benzene rings is 1. The lowest BCUT2D eigenvalue weighted by Crippen LogP contribution is -2.32. The van der Waals surface area contributed by atoms with E-state index in [1.807, 2.05) is 44.2 Å². The molecule has 0 radical (unpaired) electrons. The molecule has 0 unspecified atom stereocenters. The monoisotopic (exact) mass is 459 g/mol. The van der Waals surface area contributed by atoms with Crippen LogP contribution in [0, 0.1) is 0 Å². The summed E-state index contributed by atoms with van der Waals surface area (Å²) in [4.78, 5) is 31.0. The van der Waals surface area contributed by atoms with Crippen molar-refractivity contribution in [3.05, 3.63) is 36.5 Å². The Kier molecular flexibility index (Phi) is 7.75. The van der Waals surface area contributed by atoms with E-state index < -0.39 is 5.25 Å². The number of nitrogens with one attached hydrogen (secondary N) is 1. The lowest BCUT2D eigenvalue weighted by atomic mass is 10.2. The first-order valence-corrected chi connectivity index (χ1v) is 11.7. The number of aromatic nitrogens is 4. The zero-order valence-electron chi connectivity index (χ0n) is 17.6. The smallest absolute Gasteiger partial charge is 0.237 e. The normalized spacial score (nSPS) is 12.0. The van der Waals surface area contributed by atoms with E-state index in [0.717, 1.165) is 10.9 Å². The fraction of sp³-hybridized carbons (Fsp3) is 0.350. The number of carbonyl (C=O) groups excluding carboxylic acids is 2. The first-order chi connectivity index (χ1) is 14.9. The van der Waals surface area contributed by atoms with Gasteiger partial charge in [-0.15, -0.1) is 10.2 Å². The van der Waals surface area contributed by atoms with Crippen LogP contribution in [0.2, 0.25) is 0 Å². The average Bonchev–Trinajstić information content (AvgIpc) is 3.12. The third-order valence-electron chi connectivity index (χ3n) is 4.63. The van der Waals surface area contributed by atoms with E-state index in [-0.39, 0.29) is 17.6 Å². The molecule has 0 aliphatic carbocycles. The molecule has 0 bridgehead atoms. The molecule has 11 heteroatoms. The van der Waals surface area contributed by atoms with E-state index in [1.54, 1.807) is 18.0 Å². The first kappa shape index (κ1) is 22.9. The van der Waals surface area contributed by atoms with Crippen molar-refractivity contribution in [2.75, 3.05) is 30.0 Å². The molecule has 0 saturated heterocycles. The SMILES string of the molecule is CCN(CC)C(=O)CSc1nnc(S[C@@H](C)C(=O)Nc2cccc3ncccc23)n1N. The fourth-order valence-electron chi connectivity index (χ4n) is 2.89. The van der Waals surface area contributed by atoms with Gasteiger partial charge in [-0.2, -0.15) is 0 Å². The number of amides is 2. The molecule has 3 aromatic rings. The summed E-state index contributed by atoms with van der Waals surface area (Å²) in [6.45, 7) is 6.97. The Morgan fingerprint density at radius 3 is 2.65 bits per heavy atom. The Balaban J connectivity index is 1.62. The highest BCUT2D eigenvalue weighted by Crippen LogP contribution is 2.27. The predicted octanol–water partition coefficient (Wildman–Crippen LogP) is 2.62. The zero-order chi connectivity index (χ0) is 22.4. The second-order valence-electron chi connectivity index (χ2n) is 6.61. The van der Waals surface area contributed by atoms with E-state index in [1.165, 1.54) is 28.2 Å². The minimum atomic E-state index is -0.464. The third kappa shape index (κ3) is 5.47. The molecule has 3 rings (SSSR count). The molecule has 0 aliphatic rings. The second-order valence-corrected chi connectivity index (χ2v) is 8.87. The molecular weight excluding hydrogens is 434 g/mol. The summed E-state index contributed by atoms with van der Waals surface area (Å²) in [5.74, 6) is 6.15. The van der Waals surface area contributed by atoms with Crippen molar-refractivity contribution in [2.24, 2.45) is 0 Å². The molecule has 2 amide bonds. The van der Waals surface area contributed by atoms with Gasteiger partial charge < -0.3 is 16.1 Å². The number of nitrogen functional groups attached to an aromatic ring is 1. The minimum Gasteiger partial charge on any atom is -0.343 e. The van der Waals surface area contributed by atoms with Crippen molar-refractivity contribution >= 4 is 51.9 Å². The van der Waals surface area contributed by atoms with Crippen LogP contribution >= 0.6 is 23.5 Å². The van der Waals surface area contributed by atoms with Gasteiger partial charge in [-0.1, -0.05) is 29.6 Å². The standard InChI is InChI=1S/C20H25N7O2S2/c1-4-26(5-2)17(28)12-30-19-24-25-20(27(19)21)31-13(3)18(29)23-16-10-6-9-15-14(16)8-7-11-22-15/h6-11,13H,4-5,12,21H2,1-3H3,(H,23,29)/t13-/m0/s1. The Hall–Kier alpha value is -2.79. The Morgan fingerprint density at radius 1 is 1.16 bits per heavy atom. The van der Waals surface area contributed by atoms with Crippen LogP contribution in [0.1, 0.15) is 20.8 Å². The number of pyridine rings is 1. The summed E-state index contributed by atoms with van der Waals surface area (Å²) in [6, 6.07) is 9.32. The number of hydrogen-bond donors (Lipinski definition) is 2. The van der Waals surface area contributed by atoms with Crippen LogP contribution in [-0.4, -0.2) is 60.7 Å². The predicted molar refractivity (Wildman–Crippen MR) is 125 cm³/mol. The number of carbonyl (C=O) groups is 2. The molecule has 9 nitrogen and oxygen atoms in total. The first-order valence-electron chi connectivity index (χ1n) is 9.86. The Morgan fingerprint density at radius 2 is 1.90 bits per heavy atom. The molecule has 2 heterocycles. The maximum atomic E-state index is 12.7. The third-order valence-corrected chi connectivity index (χ3v) is 6.61. The average molecular weight is 460 g/mol. The van der Waals surface area contributed by atoms with Gasteiger partial charge in [0.2, 0.25) is 22.1 Å². The highest BCUT2D eigenvalue weighted by atomic mass is 32.2. The van der Waals surface area contributed by atoms with E-state index in [2.05, 4.69) is 20.5 Å². The van der Waals surface area contributed by atoms with Crippen molar-refractivity contribution in [2.45, 2.75) is 36.3 Å². The molecule has 0 spiro atoms. The Labute approximate surface area is 189 Å². The molecule has 164 valence electrons. The topological polar surface area (TPSA) is 119 Å². The van der Waals surface area contributed by atoms with Crippen molar-refractivity contribution < 1.29 is 9.59 Å². The summed E-state index contributed by atoms with van der Waals surface area (Å²) < 4.78 is 1.32. The number of fused-ring (bicyclic) bond motifs is 1. The van der Waals surface area contributed by atoms with E-state index in [0.29, 0.717) is 29.1 Å². The lowest BCUT2D eigenvalue weighted by Gasteiger charge is -2.17. The van der Waals surface area contributed by atoms with Gasteiger partial charge in [0.05, 0.1) is 22.2 Å². The van der Waals surface area contributed by atoms with Gasteiger partial charge in [-0.3, -0.25) is 14.6 Å². The van der Waals surface area contributed by atoms with Gasteiger partial charge in [0.1, 0.15) is 0 Å². The lowest BCUT2D eigenvalue weighted by molar-refractivity contribution is -0.128. The highest BCUT2D eigenvalue weighted by molar-refractivity contribution is 8.00. The van der Waals surface area contributed by atoms with Crippen LogP contribution < -0.4 is 11.2 Å². The number of anilines is 1. The van der Waals surface area contributed by atoms with Gasteiger partial charge in [-0.05, 0) is 45.0 Å². The van der Waals surface area contributed by atoms with Crippen molar-refractivity contribution in [3.63, 3.8) is 0 Å². The molecule has 1 atom stereocenters. The van der Waals surface area contributed by atoms with Crippen LogP contribution in [0.3, 0.4) is 0 Å². The van der Waals surface area contributed by atoms with Gasteiger partial charge in [-0.25, -0.2) is 4.68 Å². The summed E-state index contributed by atoms with van der Waals surface area (Å²) in [5, 5.41) is 12.3. The summed E-state index contributed by atoms with van der Waals surface area (Å²) in [6.07, 6.45) is 1.71. The van der Waals surface area contributed by atoms with Crippen molar-refractivity contribution in [1.29, 1.82) is 0 Å². The number of thioether (sulfide) groups is 2. The van der Waals surface area contributed by atoms with Crippen LogP contribution in [0.15, 0.2) is 46.8 Å². The van der Waals surface area contributed by atoms with Crippen molar-refractivity contribution in [1.82, 2.24) is 24.8 Å². The van der Waals surface area contributed by atoms with Crippen LogP contribution in [-0.2, 0) is 9.59 Å². The zero-order valence-corrected chi connectivity index (χ0v) is 19.2. The molecule has 1 aromatic carbocycles. The van der Waals surface area contributed by atoms with Crippen molar-refractivity contribution in [3.8, 4) is 0 Å². The van der Waals surface area contributed by atoms with Crippen LogP contribution in [0.25, 0.3) is 10.9 Å². The largest absolute Gasteiger partial charge is 0.343 e. The highest BCUT2D eigenvalue weighted by Gasteiger charge is 2.21. The fourth-order valence-corrected chi connectivity index (χ4v) is 4.48. The molecule has 0 saturated carbocycles. The van der Waals surface area contributed by atoms with E-state index in [9.17, 15) is 9.59 Å². The molecular formula is C20H25N7O2S2. The van der Waals surface area contributed by atoms with Crippen LogP contribution in [0.5, 0.6) is 0 Å². The number of nitrogens with two attached hydrogens (primary N) is 1. The van der Waals surface area contributed by atoms with Crippen LogP contribution in [0.4, 0.5) is 5.69 Å². The second kappa shape index (κ2) is 10.5. The van der Waals surface area contributed by atoms with Gasteiger partial charge in [0.25, 0.3) is 0 Å². The van der Waals surface area contributed by atoms with Gasteiger partial charge in [0, 0.05) is 24.7 Å². The van der Waals surface area contributed by atoms with E-state index >= 15 is 0 Å². The quantitative estimate of drug-likeness (QED) is 0.370. The summed E-state index contributed by atoms with van der Waals surface area (Å²) in [7, 11) is 0. The van der Waals surface area contributed by atoms with Gasteiger partial charge >= 0.3 is 0 Å². The van der Waals surface area contributed by atoms with E-state index in [4.69, 9.17) is 5.84 Å². The maximum Gasteiger partial charge on any atom is 0.237 e. The molecule has 0 fully saturated rings. The number of hydrogen-bond acceptors (Lipinski definition) is 8. The molecule has 0 aliphatic heterocycles.